The quantitative estimate of drug-likeness (QED) is 0.729. The molecule has 1 atom stereocenters. The number of aromatic amines is 1. The zero-order chi connectivity index (χ0) is 16.5. The second-order valence-electron chi connectivity index (χ2n) is 7.06. The van der Waals surface area contributed by atoms with Crippen molar-refractivity contribution in [3.05, 3.63) is 27.2 Å². The van der Waals surface area contributed by atoms with Crippen LogP contribution in [0.1, 0.15) is 55.0 Å². The Morgan fingerprint density at radius 2 is 2.08 bits per heavy atom. The summed E-state index contributed by atoms with van der Waals surface area (Å²) < 4.78 is 2.03. The molecule has 1 saturated heterocycles. The monoisotopic (exact) mass is 329 g/mol. The third-order valence-electron chi connectivity index (χ3n) is 5.44. The zero-order valence-electron chi connectivity index (χ0n) is 14.5. The van der Waals surface area contributed by atoms with Crippen molar-refractivity contribution in [2.45, 2.75) is 57.5 Å². The number of nitrogens with zero attached hydrogens (tertiary/aromatic N) is 2. The summed E-state index contributed by atoms with van der Waals surface area (Å²) >= 11 is 0. The second-order valence-corrected chi connectivity index (χ2v) is 7.06. The van der Waals surface area contributed by atoms with Gasteiger partial charge in [-0.3, -0.25) is 4.79 Å². The molecule has 1 unspecified atom stereocenters. The van der Waals surface area contributed by atoms with Gasteiger partial charge in [-0.05, 0) is 70.6 Å². The van der Waals surface area contributed by atoms with Gasteiger partial charge in [0.25, 0.3) is 5.56 Å². The maximum Gasteiger partial charge on any atom is 0.253 e. The van der Waals surface area contributed by atoms with E-state index in [9.17, 15) is 4.79 Å². The second kappa shape index (κ2) is 6.69. The molecule has 0 saturated carbocycles. The Bertz CT molecular complexity index is 785. The van der Waals surface area contributed by atoms with Crippen molar-refractivity contribution >= 4 is 11.0 Å². The minimum Gasteiger partial charge on any atom is -0.320 e. The Balaban J connectivity index is 1.87. The van der Waals surface area contributed by atoms with Crippen LogP contribution >= 0.6 is 0 Å². The number of pyridine rings is 1. The Morgan fingerprint density at radius 3 is 2.83 bits per heavy atom. The van der Waals surface area contributed by atoms with Crippen LogP contribution in [0.15, 0.2) is 4.79 Å². The van der Waals surface area contributed by atoms with E-state index in [1.165, 1.54) is 23.8 Å². The molecule has 0 aromatic carbocycles. The molecule has 1 fully saturated rings. The van der Waals surface area contributed by atoms with E-state index in [4.69, 9.17) is 5.10 Å². The highest BCUT2D eigenvalue weighted by Crippen LogP contribution is 2.33. The average Bonchev–Trinajstić information content (AvgIpc) is 3.24. The molecule has 2 aromatic heterocycles. The summed E-state index contributed by atoms with van der Waals surface area (Å²) in [5.74, 6) is 0. The normalized spacial score (nSPS) is 20.6. The summed E-state index contributed by atoms with van der Waals surface area (Å²) in [6.45, 7) is 2.84. The van der Waals surface area contributed by atoms with Gasteiger partial charge >= 0.3 is 0 Å². The first kappa shape index (κ1) is 15.8. The predicted octanol–water partition coefficient (Wildman–Crippen LogP) is 1.64. The summed E-state index contributed by atoms with van der Waals surface area (Å²) in [7, 11) is 1.97. The molecule has 0 bridgehead atoms. The summed E-state index contributed by atoms with van der Waals surface area (Å²) in [6.07, 6.45) is 7.55. The van der Waals surface area contributed by atoms with Crippen LogP contribution in [0.4, 0.5) is 0 Å². The molecule has 4 rings (SSSR count). The third kappa shape index (κ3) is 2.67. The van der Waals surface area contributed by atoms with Gasteiger partial charge in [0.05, 0.1) is 11.7 Å². The third-order valence-corrected chi connectivity index (χ3v) is 5.44. The summed E-state index contributed by atoms with van der Waals surface area (Å²) in [4.78, 5) is 15.7. The molecule has 2 aromatic rings. The molecule has 6 heteroatoms. The van der Waals surface area contributed by atoms with Crippen molar-refractivity contribution in [2.24, 2.45) is 0 Å². The molecule has 6 nitrogen and oxygen atoms in total. The highest BCUT2D eigenvalue weighted by molar-refractivity contribution is 5.84. The fraction of sp³-hybridized carbons (Fsp3) is 0.667. The number of nitrogens with one attached hydrogen (secondary N) is 3. The lowest BCUT2D eigenvalue weighted by Gasteiger charge is -2.17. The molecule has 0 radical (unpaired) electrons. The van der Waals surface area contributed by atoms with Crippen molar-refractivity contribution in [3.8, 4) is 0 Å². The zero-order valence-corrected chi connectivity index (χ0v) is 14.5. The van der Waals surface area contributed by atoms with Crippen LogP contribution in [0, 0.1) is 0 Å². The summed E-state index contributed by atoms with van der Waals surface area (Å²) in [5, 5.41) is 12.9. The first-order valence-electron chi connectivity index (χ1n) is 9.32. The maximum absolute atomic E-state index is 12.6. The lowest BCUT2D eigenvalue weighted by molar-refractivity contribution is 0.547. The fourth-order valence-corrected chi connectivity index (χ4v) is 4.25. The van der Waals surface area contributed by atoms with Gasteiger partial charge in [0.15, 0.2) is 0 Å². The van der Waals surface area contributed by atoms with E-state index in [1.807, 2.05) is 11.7 Å². The molecular weight excluding hydrogens is 302 g/mol. The SMILES string of the molecule is CNCCCn1nc(C2CCCN2)c2c3c(c(=O)[nH]c21)CCCC3. The van der Waals surface area contributed by atoms with Gasteiger partial charge in [0.1, 0.15) is 5.65 Å². The molecule has 2 aliphatic rings. The number of hydrogen-bond donors (Lipinski definition) is 3. The molecule has 130 valence electrons. The van der Waals surface area contributed by atoms with Crippen molar-refractivity contribution in [2.75, 3.05) is 20.1 Å². The van der Waals surface area contributed by atoms with Crippen molar-refractivity contribution in [1.82, 2.24) is 25.4 Å². The number of aryl methyl sites for hydroxylation is 2. The first-order chi connectivity index (χ1) is 11.8. The number of rotatable bonds is 5. The summed E-state index contributed by atoms with van der Waals surface area (Å²) in [6, 6.07) is 0.329. The molecule has 1 aliphatic heterocycles. The smallest absolute Gasteiger partial charge is 0.253 e. The highest BCUT2D eigenvalue weighted by atomic mass is 16.1. The molecule has 1 aliphatic carbocycles. The minimum absolute atomic E-state index is 0.0953. The number of H-pyrrole nitrogens is 1. The van der Waals surface area contributed by atoms with Crippen LogP contribution in [0.25, 0.3) is 11.0 Å². The van der Waals surface area contributed by atoms with Gasteiger partial charge in [-0.1, -0.05) is 0 Å². The Kier molecular flexibility index (Phi) is 4.41. The van der Waals surface area contributed by atoms with Gasteiger partial charge in [-0.15, -0.1) is 0 Å². The molecule has 0 spiro atoms. The van der Waals surface area contributed by atoms with E-state index < -0.39 is 0 Å². The van der Waals surface area contributed by atoms with Crippen LogP contribution in [-0.4, -0.2) is 34.9 Å². The van der Waals surface area contributed by atoms with Gasteiger partial charge in [0, 0.05) is 17.5 Å². The van der Waals surface area contributed by atoms with Crippen LogP contribution in [0.5, 0.6) is 0 Å². The lowest BCUT2D eigenvalue weighted by Crippen LogP contribution is -2.21. The largest absolute Gasteiger partial charge is 0.320 e. The van der Waals surface area contributed by atoms with Crippen LogP contribution in [0.2, 0.25) is 0 Å². The molecule has 24 heavy (non-hydrogen) atoms. The molecular formula is C18H27N5O. The van der Waals surface area contributed by atoms with Crippen LogP contribution < -0.4 is 16.2 Å². The molecule has 3 heterocycles. The Labute approximate surface area is 142 Å². The Hall–Kier alpha value is -1.66. The van der Waals surface area contributed by atoms with E-state index in [0.717, 1.165) is 68.6 Å². The molecule has 0 amide bonds. The van der Waals surface area contributed by atoms with E-state index in [-0.39, 0.29) is 5.56 Å². The Morgan fingerprint density at radius 1 is 1.25 bits per heavy atom. The van der Waals surface area contributed by atoms with Crippen LogP contribution in [-0.2, 0) is 19.4 Å². The van der Waals surface area contributed by atoms with E-state index in [0.29, 0.717) is 6.04 Å². The number of aromatic nitrogens is 3. The highest BCUT2D eigenvalue weighted by Gasteiger charge is 2.27. The van der Waals surface area contributed by atoms with Crippen molar-refractivity contribution < 1.29 is 0 Å². The minimum atomic E-state index is 0.0953. The number of fused-ring (bicyclic) bond motifs is 3. The lowest BCUT2D eigenvalue weighted by atomic mass is 9.89. The topological polar surface area (TPSA) is 74.7 Å². The maximum atomic E-state index is 12.6. The van der Waals surface area contributed by atoms with E-state index >= 15 is 0 Å². The average molecular weight is 329 g/mol. The van der Waals surface area contributed by atoms with Crippen LogP contribution in [0.3, 0.4) is 0 Å². The van der Waals surface area contributed by atoms with Crippen molar-refractivity contribution in [1.29, 1.82) is 0 Å². The predicted molar refractivity (Wildman–Crippen MR) is 95.5 cm³/mol. The molecule has 3 N–H and O–H groups in total. The van der Waals surface area contributed by atoms with Gasteiger partial charge < -0.3 is 15.6 Å². The van der Waals surface area contributed by atoms with Crippen molar-refractivity contribution in [3.63, 3.8) is 0 Å². The van der Waals surface area contributed by atoms with Gasteiger partial charge in [-0.2, -0.15) is 5.10 Å². The standard InChI is InChI=1S/C18H27N5O/c1-19-9-5-11-23-17-15(16(22-23)14-8-4-10-20-14)12-6-2-3-7-13(12)18(24)21-17/h14,19-20H,2-11H2,1H3,(H,21,24). The number of hydrogen-bond acceptors (Lipinski definition) is 4. The van der Waals surface area contributed by atoms with E-state index in [2.05, 4.69) is 15.6 Å². The first-order valence-corrected chi connectivity index (χ1v) is 9.32. The van der Waals surface area contributed by atoms with E-state index in [1.54, 1.807) is 0 Å². The fourth-order valence-electron chi connectivity index (χ4n) is 4.25. The summed E-state index contributed by atoms with van der Waals surface area (Å²) in [5.41, 5.74) is 4.45. The van der Waals surface area contributed by atoms with Gasteiger partial charge in [-0.25, -0.2) is 4.68 Å². The van der Waals surface area contributed by atoms with Gasteiger partial charge in [0.2, 0.25) is 0 Å².